The van der Waals surface area contributed by atoms with Crippen molar-refractivity contribution in [2.75, 3.05) is 0 Å². The smallest absolute Gasteiger partial charge is 0.380 e. The Bertz CT molecular complexity index is 213. The highest BCUT2D eigenvalue weighted by molar-refractivity contribution is 5.59. The Kier molecular flexibility index (Phi) is 3.72. The van der Waals surface area contributed by atoms with E-state index < -0.39 is 23.7 Å². The van der Waals surface area contributed by atoms with Gasteiger partial charge in [-0.25, -0.2) is 0 Å². The van der Waals surface area contributed by atoms with Crippen LogP contribution in [0.5, 0.6) is 0 Å². The number of nitrogens with zero attached hydrogens (tertiary/aromatic N) is 1. The molecule has 0 saturated heterocycles. The van der Waals surface area contributed by atoms with Gasteiger partial charge < -0.3 is 5.11 Å². The lowest BCUT2D eigenvalue weighted by Gasteiger charge is -2.24. The SMILES string of the molecule is CC(C)(C)N=CCC(C)(O)C(F)(F)F. The Labute approximate surface area is 81.8 Å². The van der Waals surface area contributed by atoms with Crippen LogP contribution in [0.25, 0.3) is 0 Å². The van der Waals surface area contributed by atoms with Crippen LogP contribution in [0.3, 0.4) is 0 Å². The molecule has 5 heteroatoms. The molecule has 0 rings (SSSR count). The van der Waals surface area contributed by atoms with Gasteiger partial charge in [-0.2, -0.15) is 13.2 Å². The third kappa shape index (κ3) is 4.60. The van der Waals surface area contributed by atoms with Crippen molar-refractivity contribution in [2.45, 2.75) is 51.4 Å². The standard InChI is InChI=1S/C9H16F3NO/c1-7(2,3)13-6-5-8(4,14)9(10,11)12/h6,14H,5H2,1-4H3. The van der Waals surface area contributed by atoms with Crippen molar-refractivity contribution in [3.05, 3.63) is 0 Å². The van der Waals surface area contributed by atoms with Crippen LogP contribution in [0, 0.1) is 0 Å². The highest BCUT2D eigenvalue weighted by Crippen LogP contribution is 2.31. The van der Waals surface area contributed by atoms with Crippen LogP contribution < -0.4 is 0 Å². The fourth-order valence-corrected chi connectivity index (χ4v) is 0.613. The first-order chi connectivity index (χ1) is 5.96. The average molecular weight is 211 g/mol. The summed E-state index contributed by atoms with van der Waals surface area (Å²) in [6.45, 7) is 6.05. The van der Waals surface area contributed by atoms with Crippen LogP contribution in [0.1, 0.15) is 34.1 Å². The summed E-state index contributed by atoms with van der Waals surface area (Å²) in [5.74, 6) is 0. The van der Waals surface area contributed by atoms with E-state index >= 15 is 0 Å². The molecule has 0 aliphatic heterocycles. The maximum atomic E-state index is 12.1. The molecule has 0 aromatic carbocycles. The Balaban J connectivity index is 4.34. The van der Waals surface area contributed by atoms with Crippen molar-refractivity contribution in [3.8, 4) is 0 Å². The van der Waals surface area contributed by atoms with E-state index in [9.17, 15) is 13.2 Å². The summed E-state index contributed by atoms with van der Waals surface area (Å²) in [5, 5.41) is 9.03. The van der Waals surface area contributed by atoms with Gasteiger partial charge in [0.25, 0.3) is 0 Å². The Morgan fingerprint density at radius 3 is 1.86 bits per heavy atom. The van der Waals surface area contributed by atoms with Crippen LogP contribution in [0.4, 0.5) is 13.2 Å². The molecule has 2 nitrogen and oxygen atoms in total. The number of halogens is 3. The quantitative estimate of drug-likeness (QED) is 0.699. The van der Waals surface area contributed by atoms with Crippen LogP contribution in [0.2, 0.25) is 0 Å². The predicted molar refractivity (Wildman–Crippen MR) is 49.5 cm³/mol. The second-order valence-corrected chi connectivity index (χ2v) is 4.46. The van der Waals surface area contributed by atoms with Crippen molar-refractivity contribution in [2.24, 2.45) is 4.99 Å². The third-order valence-corrected chi connectivity index (χ3v) is 1.58. The lowest BCUT2D eigenvalue weighted by atomic mass is 10.0. The molecule has 1 N–H and O–H groups in total. The molecule has 0 saturated carbocycles. The number of rotatable bonds is 2. The summed E-state index contributed by atoms with van der Waals surface area (Å²) in [7, 11) is 0. The van der Waals surface area contributed by atoms with Crippen molar-refractivity contribution in [1.29, 1.82) is 0 Å². The van der Waals surface area contributed by atoms with E-state index in [2.05, 4.69) is 4.99 Å². The molecule has 84 valence electrons. The van der Waals surface area contributed by atoms with Gasteiger partial charge in [0.2, 0.25) is 0 Å². The molecule has 1 atom stereocenters. The molecule has 0 radical (unpaired) electrons. The topological polar surface area (TPSA) is 32.6 Å². The van der Waals surface area contributed by atoms with Crippen molar-refractivity contribution < 1.29 is 18.3 Å². The molecule has 0 bridgehead atoms. The van der Waals surface area contributed by atoms with Crippen molar-refractivity contribution in [3.63, 3.8) is 0 Å². The van der Waals surface area contributed by atoms with E-state index in [1.165, 1.54) is 0 Å². The van der Waals surface area contributed by atoms with E-state index in [0.29, 0.717) is 0 Å². The first-order valence-corrected chi connectivity index (χ1v) is 4.28. The molecule has 0 spiro atoms. The van der Waals surface area contributed by atoms with Gasteiger partial charge in [0.05, 0.1) is 5.54 Å². The van der Waals surface area contributed by atoms with Crippen LogP contribution in [0.15, 0.2) is 4.99 Å². The molecular weight excluding hydrogens is 195 g/mol. The molecule has 0 heterocycles. The zero-order valence-electron chi connectivity index (χ0n) is 8.81. The average Bonchev–Trinajstić information content (AvgIpc) is 1.80. The zero-order chi connectivity index (χ0) is 11.6. The van der Waals surface area contributed by atoms with Crippen LogP contribution in [-0.4, -0.2) is 28.6 Å². The normalized spacial score (nSPS) is 18.6. The minimum absolute atomic E-state index is 0.415. The van der Waals surface area contributed by atoms with Crippen molar-refractivity contribution >= 4 is 6.21 Å². The van der Waals surface area contributed by atoms with E-state index in [4.69, 9.17) is 5.11 Å². The lowest BCUT2D eigenvalue weighted by molar-refractivity contribution is -0.249. The van der Waals surface area contributed by atoms with Gasteiger partial charge in [-0.3, -0.25) is 4.99 Å². The van der Waals surface area contributed by atoms with Gasteiger partial charge in [0.1, 0.15) is 0 Å². The minimum Gasteiger partial charge on any atom is -0.380 e. The molecule has 0 aromatic rings. The number of aliphatic hydroxyl groups is 1. The maximum absolute atomic E-state index is 12.1. The van der Waals surface area contributed by atoms with Gasteiger partial charge in [0, 0.05) is 12.6 Å². The number of alkyl halides is 3. The largest absolute Gasteiger partial charge is 0.417 e. The van der Waals surface area contributed by atoms with Crippen LogP contribution in [-0.2, 0) is 0 Å². The monoisotopic (exact) mass is 211 g/mol. The Morgan fingerprint density at radius 2 is 1.57 bits per heavy atom. The molecule has 14 heavy (non-hydrogen) atoms. The Morgan fingerprint density at radius 1 is 1.14 bits per heavy atom. The highest BCUT2D eigenvalue weighted by atomic mass is 19.4. The number of hydrogen-bond acceptors (Lipinski definition) is 2. The lowest BCUT2D eigenvalue weighted by Crippen LogP contribution is -2.42. The third-order valence-electron chi connectivity index (χ3n) is 1.58. The van der Waals surface area contributed by atoms with E-state index in [0.717, 1.165) is 13.1 Å². The maximum Gasteiger partial charge on any atom is 0.417 e. The van der Waals surface area contributed by atoms with E-state index in [-0.39, 0.29) is 0 Å². The molecule has 1 unspecified atom stereocenters. The Hall–Kier alpha value is -0.580. The summed E-state index contributed by atoms with van der Waals surface area (Å²) in [6.07, 6.45) is -4.02. The molecule has 0 aliphatic carbocycles. The fraction of sp³-hybridized carbons (Fsp3) is 0.889. The summed E-state index contributed by atoms with van der Waals surface area (Å²) in [6, 6.07) is 0. The summed E-state index contributed by atoms with van der Waals surface area (Å²) in [4.78, 5) is 3.87. The summed E-state index contributed by atoms with van der Waals surface area (Å²) in [5.41, 5.74) is -3.11. The van der Waals surface area contributed by atoms with Gasteiger partial charge >= 0.3 is 6.18 Å². The molecule has 0 amide bonds. The van der Waals surface area contributed by atoms with E-state index in [1.54, 1.807) is 20.8 Å². The predicted octanol–water partition coefficient (Wildman–Crippen LogP) is 2.56. The number of hydrogen-bond donors (Lipinski definition) is 1. The molecule has 0 aliphatic rings. The molecular formula is C9H16F3NO. The van der Waals surface area contributed by atoms with Gasteiger partial charge in [0.15, 0.2) is 5.60 Å². The second-order valence-electron chi connectivity index (χ2n) is 4.46. The van der Waals surface area contributed by atoms with Gasteiger partial charge in [-0.15, -0.1) is 0 Å². The summed E-state index contributed by atoms with van der Waals surface area (Å²) < 4.78 is 36.4. The first kappa shape index (κ1) is 13.4. The molecule has 0 aromatic heterocycles. The highest BCUT2D eigenvalue weighted by Gasteiger charge is 2.49. The van der Waals surface area contributed by atoms with Crippen molar-refractivity contribution in [1.82, 2.24) is 0 Å². The first-order valence-electron chi connectivity index (χ1n) is 4.28. The van der Waals surface area contributed by atoms with E-state index in [1.807, 2.05) is 0 Å². The second kappa shape index (κ2) is 3.88. The fourth-order valence-electron chi connectivity index (χ4n) is 0.613. The zero-order valence-corrected chi connectivity index (χ0v) is 8.81. The van der Waals surface area contributed by atoms with Crippen LogP contribution >= 0.6 is 0 Å². The summed E-state index contributed by atoms with van der Waals surface area (Å²) >= 11 is 0. The molecule has 0 fully saturated rings. The minimum atomic E-state index is -4.61. The van der Waals surface area contributed by atoms with Gasteiger partial charge in [-0.05, 0) is 27.7 Å². The number of aliphatic imine (C=N–C) groups is 1. The van der Waals surface area contributed by atoms with Gasteiger partial charge in [-0.1, -0.05) is 0 Å².